The van der Waals surface area contributed by atoms with E-state index < -0.39 is 0 Å². The molecule has 25 heavy (non-hydrogen) atoms. The first kappa shape index (κ1) is 18.7. The van der Waals surface area contributed by atoms with Crippen LogP contribution >= 0.6 is 0 Å². The standard InChI is InChI=1S/C21H24O4/c1-14(2)15(3)21(23)25-19-9-5-16(6-10-19)13-20(22)17-7-11-18(24-4)12-8-17/h5-12,14-15H,13H2,1-4H3. The fourth-order valence-corrected chi connectivity index (χ4v) is 2.22. The molecule has 0 spiro atoms. The summed E-state index contributed by atoms with van der Waals surface area (Å²) in [5, 5.41) is 0. The smallest absolute Gasteiger partial charge is 0.314 e. The van der Waals surface area contributed by atoms with Gasteiger partial charge in [-0.3, -0.25) is 9.59 Å². The van der Waals surface area contributed by atoms with E-state index in [2.05, 4.69) is 0 Å². The van der Waals surface area contributed by atoms with Gasteiger partial charge in [0.05, 0.1) is 13.0 Å². The second-order valence-corrected chi connectivity index (χ2v) is 6.43. The maximum absolute atomic E-state index is 12.3. The van der Waals surface area contributed by atoms with E-state index in [0.29, 0.717) is 17.7 Å². The van der Waals surface area contributed by atoms with Crippen LogP contribution in [0.15, 0.2) is 48.5 Å². The van der Waals surface area contributed by atoms with Gasteiger partial charge >= 0.3 is 5.97 Å². The molecule has 2 rings (SSSR count). The van der Waals surface area contributed by atoms with Crippen molar-refractivity contribution in [1.82, 2.24) is 0 Å². The lowest BCUT2D eigenvalue weighted by Crippen LogP contribution is -2.22. The lowest BCUT2D eigenvalue weighted by molar-refractivity contribution is -0.139. The Balaban J connectivity index is 1.97. The quantitative estimate of drug-likeness (QED) is 0.428. The number of carbonyl (C=O) groups excluding carboxylic acids is 2. The maximum atomic E-state index is 12.3. The summed E-state index contributed by atoms with van der Waals surface area (Å²) in [7, 11) is 1.59. The summed E-state index contributed by atoms with van der Waals surface area (Å²) in [4.78, 5) is 24.3. The zero-order chi connectivity index (χ0) is 18.4. The van der Waals surface area contributed by atoms with Gasteiger partial charge in [-0.2, -0.15) is 0 Å². The Hall–Kier alpha value is -2.62. The second-order valence-electron chi connectivity index (χ2n) is 6.43. The average Bonchev–Trinajstić information content (AvgIpc) is 2.62. The van der Waals surface area contributed by atoms with Crippen LogP contribution in [-0.2, 0) is 11.2 Å². The molecule has 0 aliphatic heterocycles. The highest BCUT2D eigenvalue weighted by molar-refractivity contribution is 5.97. The van der Waals surface area contributed by atoms with Crippen LogP contribution in [-0.4, -0.2) is 18.9 Å². The second kappa shape index (κ2) is 8.47. The third kappa shape index (κ3) is 5.18. The van der Waals surface area contributed by atoms with Crippen molar-refractivity contribution in [2.45, 2.75) is 27.2 Å². The summed E-state index contributed by atoms with van der Waals surface area (Å²) >= 11 is 0. The van der Waals surface area contributed by atoms with Crippen molar-refractivity contribution >= 4 is 11.8 Å². The predicted molar refractivity (Wildman–Crippen MR) is 97.1 cm³/mol. The summed E-state index contributed by atoms with van der Waals surface area (Å²) in [5.74, 6) is 1.08. The SMILES string of the molecule is COc1ccc(C(=O)Cc2ccc(OC(=O)C(C)C(C)C)cc2)cc1. The average molecular weight is 340 g/mol. The summed E-state index contributed by atoms with van der Waals surface area (Å²) in [6, 6.07) is 14.1. The molecule has 0 amide bonds. The van der Waals surface area contributed by atoms with Crippen LogP contribution in [0.1, 0.15) is 36.7 Å². The van der Waals surface area contributed by atoms with Crippen molar-refractivity contribution in [1.29, 1.82) is 0 Å². The molecule has 0 aliphatic rings. The molecule has 2 aromatic rings. The lowest BCUT2D eigenvalue weighted by atomic mass is 9.98. The predicted octanol–water partition coefficient (Wildman–Crippen LogP) is 4.32. The van der Waals surface area contributed by atoms with Gasteiger partial charge in [0.2, 0.25) is 0 Å². The molecule has 1 atom stereocenters. The molecule has 0 heterocycles. The Morgan fingerprint density at radius 2 is 1.44 bits per heavy atom. The number of Topliss-reactive ketones (excluding diaryl/α,β-unsaturated/α-hetero) is 1. The molecule has 4 nitrogen and oxygen atoms in total. The van der Waals surface area contributed by atoms with E-state index in [-0.39, 0.29) is 23.6 Å². The number of rotatable bonds is 7. The van der Waals surface area contributed by atoms with Gasteiger partial charge in [0.25, 0.3) is 0 Å². The van der Waals surface area contributed by atoms with Crippen LogP contribution in [0, 0.1) is 11.8 Å². The molecule has 0 N–H and O–H groups in total. The molecular formula is C21H24O4. The summed E-state index contributed by atoms with van der Waals surface area (Å²) < 4.78 is 10.5. The Morgan fingerprint density at radius 1 is 0.880 bits per heavy atom. The third-order valence-corrected chi connectivity index (χ3v) is 4.29. The normalized spacial score (nSPS) is 11.9. The van der Waals surface area contributed by atoms with Crippen LogP contribution in [0.3, 0.4) is 0 Å². The molecule has 1 unspecified atom stereocenters. The number of hydrogen-bond acceptors (Lipinski definition) is 4. The van der Waals surface area contributed by atoms with Crippen molar-refractivity contribution in [3.63, 3.8) is 0 Å². The van der Waals surface area contributed by atoms with E-state index in [9.17, 15) is 9.59 Å². The van der Waals surface area contributed by atoms with Crippen LogP contribution in [0.2, 0.25) is 0 Å². The highest BCUT2D eigenvalue weighted by atomic mass is 16.5. The van der Waals surface area contributed by atoms with E-state index in [4.69, 9.17) is 9.47 Å². The zero-order valence-corrected chi connectivity index (χ0v) is 15.1. The molecule has 4 heteroatoms. The van der Waals surface area contributed by atoms with E-state index in [1.807, 2.05) is 32.9 Å². The van der Waals surface area contributed by atoms with E-state index in [1.54, 1.807) is 43.5 Å². The number of hydrogen-bond donors (Lipinski definition) is 0. The Morgan fingerprint density at radius 3 is 1.96 bits per heavy atom. The van der Waals surface area contributed by atoms with Gasteiger partial charge in [-0.1, -0.05) is 32.9 Å². The van der Waals surface area contributed by atoms with Gasteiger partial charge in [0.1, 0.15) is 11.5 Å². The van der Waals surface area contributed by atoms with Crippen molar-refractivity contribution in [3.05, 3.63) is 59.7 Å². The zero-order valence-electron chi connectivity index (χ0n) is 15.1. The van der Waals surface area contributed by atoms with Crippen molar-refractivity contribution in [2.75, 3.05) is 7.11 Å². The molecule has 2 aromatic carbocycles. The number of ether oxygens (including phenoxy) is 2. The number of methoxy groups -OCH3 is 1. The number of ketones is 1. The minimum atomic E-state index is -0.239. The fraction of sp³-hybridized carbons (Fsp3) is 0.333. The molecule has 0 saturated heterocycles. The lowest BCUT2D eigenvalue weighted by Gasteiger charge is -2.14. The van der Waals surface area contributed by atoms with Crippen molar-refractivity contribution < 1.29 is 19.1 Å². The van der Waals surface area contributed by atoms with Gasteiger partial charge in [0.15, 0.2) is 5.78 Å². The Labute approximate surface area is 148 Å². The number of esters is 1. The molecule has 0 aliphatic carbocycles. The Bertz CT molecular complexity index is 715. The van der Waals surface area contributed by atoms with E-state index in [0.717, 1.165) is 11.3 Å². The van der Waals surface area contributed by atoms with Crippen LogP contribution in [0.5, 0.6) is 11.5 Å². The molecule has 0 aromatic heterocycles. The third-order valence-electron chi connectivity index (χ3n) is 4.29. The van der Waals surface area contributed by atoms with E-state index >= 15 is 0 Å². The molecular weight excluding hydrogens is 316 g/mol. The van der Waals surface area contributed by atoms with Gasteiger partial charge in [-0.15, -0.1) is 0 Å². The first-order chi connectivity index (χ1) is 11.9. The highest BCUT2D eigenvalue weighted by Crippen LogP contribution is 2.19. The monoisotopic (exact) mass is 340 g/mol. The van der Waals surface area contributed by atoms with E-state index in [1.165, 1.54) is 0 Å². The maximum Gasteiger partial charge on any atom is 0.314 e. The molecule has 0 saturated carbocycles. The van der Waals surface area contributed by atoms with Crippen LogP contribution in [0.25, 0.3) is 0 Å². The molecule has 0 fully saturated rings. The first-order valence-electron chi connectivity index (χ1n) is 8.38. The fourth-order valence-electron chi connectivity index (χ4n) is 2.22. The first-order valence-corrected chi connectivity index (χ1v) is 8.38. The number of benzene rings is 2. The van der Waals surface area contributed by atoms with Gasteiger partial charge in [-0.05, 0) is 47.9 Å². The molecule has 0 bridgehead atoms. The summed E-state index contributed by atoms with van der Waals surface area (Å²) in [6.07, 6.45) is 0.295. The van der Waals surface area contributed by atoms with Crippen molar-refractivity contribution in [3.8, 4) is 11.5 Å². The minimum absolute atomic E-state index is 0.0285. The summed E-state index contributed by atoms with van der Waals surface area (Å²) in [5.41, 5.74) is 1.51. The molecule has 132 valence electrons. The summed E-state index contributed by atoms with van der Waals surface area (Å²) in [6.45, 7) is 5.83. The van der Waals surface area contributed by atoms with Gasteiger partial charge in [0, 0.05) is 12.0 Å². The Kier molecular flexibility index (Phi) is 6.34. The highest BCUT2D eigenvalue weighted by Gasteiger charge is 2.18. The van der Waals surface area contributed by atoms with Crippen LogP contribution in [0.4, 0.5) is 0 Å². The van der Waals surface area contributed by atoms with Gasteiger partial charge < -0.3 is 9.47 Å². The van der Waals surface area contributed by atoms with Crippen molar-refractivity contribution in [2.24, 2.45) is 11.8 Å². The number of carbonyl (C=O) groups is 2. The minimum Gasteiger partial charge on any atom is -0.497 e. The molecule has 0 radical (unpaired) electrons. The van der Waals surface area contributed by atoms with Gasteiger partial charge in [-0.25, -0.2) is 0 Å². The largest absolute Gasteiger partial charge is 0.497 e. The topological polar surface area (TPSA) is 52.6 Å². The van der Waals surface area contributed by atoms with Crippen LogP contribution < -0.4 is 9.47 Å².